The average Bonchev–Trinajstić information content (AvgIpc) is 3.01. The van der Waals surface area contributed by atoms with Crippen molar-refractivity contribution < 1.29 is 9.47 Å². The summed E-state index contributed by atoms with van der Waals surface area (Å²) in [7, 11) is 1.96. The van der Waals surface area contributed by atoms with Gasteiger partial charge in [-0.25, -0.2) is 4.98 Å². The lowest BCUT2D eigenvalue weighted by Crippen LogP contribution is -2.20. The van der Waals surface area contributed by atoms with Crippen molar-refractivity contribution in [3.63, 3.8) is 0 Å². The minimum atomic E-state index is 0.236. The highest BCUT2D eigenvalue weighted by molar-refractivity contribution is 8.00. The summed E-state index contributed by atoms with van der Waals surface area (Å²) in [4.78, 5) is 4.18. The minimum Gasteiger partial charge on any atom is -0.486 e. The van der Waals surface area contributed by atoms with E-state index in [0.29, 0.717) is 13.2 Å². The van der Waals surface area contributed by atoms with Crippen molar-refractivity contribution in [2.24, 2.45) is 0 Å². The summed E-state index contributed by atoms with van der Waals surface area (Å²) in [5, 5.41) is 3.33. The number of nitrogens with zero attached hydrogens (tertiary/aromatic N) is 2. The molecule has 0 saturated carbocycles. The SMILES string of the molecule is CNC(CSc1ncns1)c1ccc2c(c1)OCCO2. The fourth-order valence-electron chi connectivity index (χ4n) is 2.00. The largest absolute Gasteiger partial charge is 0.486 e. The van der Waals surface area contributed by atoms with Crippen molar-refractivity contribution in [1.29, 1.82) is 0 Å². The van der Waals surface area contributed by atoms with E-state index in [0.717, 1.165) is 21.6 Å². The third-order valence-electron chi connectivity index (χ3n) is 3.03. The summed E-state index contributed by atoms with van der Waals surface area (Å²) in [6, 6.07) is 6.34. The molecule has 1 aromatic carbocycles. The van der Waals surface area contributed by atoms with Crippen LogP contribution in [-0.4, -0.2) is 35.4 Å². The van der Waals surface area contributed by atoms with Gasteiger partial charge in [-0.3, -0.25) is 0 Å². The van der Waals surface area contributed by atoms with Crippen LogP contribution in [0.15, 0.2) is 28.9 Å². The third-order valence-corrected chi connectivity index (χ3v) is 4.92. The topological polar surface area (TPSA) is 56.3 Å². The van der Waals surface area contributed by atoms with Crippen molar-refractivity contribution in [1.82, 2.24) is 14.7 Å². The van der Waals surface area contributed by atoms with Gasteiger partial charge in [-0.1, -0.05) is 17.8 Å². The third kappa shape index (κ3) is 3.05. The van der Waals surface area contributed by atoms with Gasteiger partial charge in [-0.15, -0.1) is 0 Å². The van der Waals surface area contributed by atoms with E-state index in [1.54, 1.807) is 18.1 Å². The molecule has 106 valence electrons. The minimum absolute atomic E-state index is 0.236. The lowest BCUT2D eigenvalue weighted by atomic mass is 10.1. The zero-order valence-electron chi connectivity index (χ0n) is 11.0. The first kappa shape index (κ1) is 13.7. The second-order valence-electron chi connectivity index (χ2n) is 4.26. The van der Waals surface area contributed by atoms with Crippen LogP contribution in [0.25, 0.3) is 0 Å². The number of benzene rings is 1. The van der Waals surface area contributed by atoms with E-state index >= 15 is 0 Å². The number of aromatic nitrogens is 2. The van der Waals surface area contributed by atoms with E-state index < -0.39 is 0 Å². The normalized spacial score (nSPS) is 15.1. The summed E-state index contributed by atoms with van der Waals surface area (Å²) < 4.78 is 16.2. The van der Waals surface area contributed by atoms with Crippen LogP contribution in [0.1, 0.15) is 11.6 Å². The molecule has 0 spiro atoms. The molecule has 7 heteroatoms. The van der Waals surface area contributed by atoms with E-state index in [1.807, 2.05) is 13.1 Å². The summed E-state index contributed by atoms with van der Waals surface area (Å²) in [5.41, 5.74) is 1.19. The molecule has 20 heavy (non-hydrogen) atoms. The van der Waals surface area contributed by atoms with Crippen LogP contribution in [0.3, 0.4) is 0 Å². The Kier molecular flexibility index (Phi) is 4.39. The summed E-state index contributed by atoms with van der Waals surface area (Å²) in [6.07, 6.45) is 1.59. The average molecular weight is 309 g/mol. The monoisotopic (exact) mass is 309 g/mol. The lowest BCUT2D eigenvalue weighted by Gasteiger charge is -2.21. The number of nitrogens with one attached hydrogen (secondary N) is 1. The van der Waals surface area contributed by atoms with Gasteiger partial charge in [-0.05, 0) is 36.3 Å². The number of thioether (sulfide) groups is 1. The molecule has 2 heterocycles. The van der Waals surface area contributed by atoms with Gasteiger partial charge >= 0.3 is 0 Å². The smallest absolute Gasteiger partial charge is 0.169 e. The Morgan fingerprint density at radius 2 is 2.20 bits per heavy atom. The molecule has 1 aromatic heterocycles. The molecule has 1 aliphatic heterocycles. The number of hydrogen-bond donors (Lipinski definition) is 1. The van der Waals surface area contributed by atoms with Gasteiger partial charge in [0, 0.05) is 11.8 Å². The Labute approximate surface area is 125 Å². The fraction of sp³-hybridized carbons (Fsp3) is 0.385. The zero-order valence-corrected chi connectivity index (χ0v) is 12.7. The molecule has 1 aliphatic rings. The molecule has 0 bridgehead atoms. The summed E-state index contributed by atoms with van der Waals surface area (Å²) in [5.74, 6) is 2.55. The van der Waals surface area contributed by atoms with Crippen LogP contribution in [0.5, 0.6) is 11.5 Å². The van der Waals surface area contributed by atoms with Gasteiger partial charge in [0.1, 0.15) is 19.5 Å². The lowest BCUT2D eigenvalue weighted by molar-refractivity contribution is 0.171. The molecule has 2 aromatic rings. The summed E-state index contributed by atoms with van der Waals surface area (Å²) in [6.45, 7) is 1.23. The van der Waals surface area contributed by atoms with Crippen molar-refractivity contribution in [2.75, 3.05) is 26.0 Å². The van der Waals surface area contributed by atoms with Gasteiger partial charge in [0.05, 0.1) is 0 Å². The van der Waals surface area contributed by atoms with Crippen molar-refractivity contribution in [3.8, 4) is 11.5 Å². The van der Waals surface area contributed by atoms with E-state index in [4.69, 9.17) is 9.47 Å². The standard InChI is InChI=1S/C13H15N3O2S2/c1-14-10(7-19-13-15-8-16-20-13)9-2-3-11-12(6-9)18-5-4-17-11/h2-3,6,8,10,14H,4-5,7H2,1H3. The molecular weight excluding hydrogens is 294 g/mol. The zero-order chi connectivity index (χ0) is 13.8. The van der Waals surface area contributed by atoms with Crippen molar-refractivity contribution >= 4 is 23.3 Å². The molecule has 0 aliphatic carbocycles. The van der Waals surface area contributed by atoms with Crippen LogP contribution in [0, 0.1) is 0 Å². The van der Waals surface area contributed by atoms with Crippen LogP contribution < -0.4 is 14.8 Å². The molecule has 1 atom stereocenters. The van der Waals surface area contributed by atoms with Crippen LogP contribution >= 0.6 is 23.3 Å². The molecule has 3 rings (SSSR count). The quantitative estimate of drug-likeness (QED) is 0.856. The molecule has 1 unspecified atom stereocenters. The molecule has 0 saturated heterocycles. The second-order valence-corrected chi connectivity index (χ2v) is 6.31. The Balaban J connectivity index is 1.71. The molecule has 0 amide bonds. The Bertz CT molecular complexity index is 563. The Hall–Kier alpha value is -1.31. The van der Waals surface area contributed by atoms with E-state index in [9.17, 15) is 0 Å². The van der Waals surface area contributed by atoms with Gasteiger partial charge in [0.25, 0.3) is 0 Å². The van der Waals surface area contributed by atoms with E-state index in [2.05, 4.69) is 26.8 Å². The Morgan fingerprint density at radius 1 is 1.35 bits per heavy atom. The maximum Gasteiger partial charge on any atom is 0.169 e. The number of ether oxygens (including phenoxy) is 2. The number of hydrogen-bond acceptors (Lipinski definition) is 7. The summed E-state index contributed by atoms with van der Waals surface area (Å²) >= 11 is 3.13. The Morgan fingerprint density at radius 3 is 2.95 bits per heavy atom. The van der Waals surface area contributed by atoms with Gasteiger partial charge in [-0.2, -0.15) is 4.37 Å². The predicted octanol–water partition coefficient (Wildman–Crippen LogP) is 2.36. The van der Waals surface area contributed by atoms with Crippen LogP contribution in [-0.2, 0) is 0 Å². The van der Waals surface area contributed by atoms with Gasteiger partial charge in [0.15, 0.2) is 15.8 Å². The highest BCUT2D eigenvalue weighted by atomic mass is 32.2. The van der Waals surface area contributed by atoms with Crippen LogP contribution in [0.4, 0.5) is 0 Å². The molecular formula is C13H15N3O2S2. The van der Waals surface area contributed by atoms with Crippen molar-refractivity contribution in [3.05, 3.63) is 30.1 Å². The van der Waals surface area contributed by atoms with Crippen molar-refractivity contribution in [2.45, 2.75) is 10.4 Å². The predicted molar refractivity (Wildman–Crippen MR) is 79.9 cm³/mol. The molecule has 5 nitrogen and oxygen atoms in total. The van der Waals surface area contributed by atoms with E-state index in [1.165, 1.54) is 17.1 Å². The fourth-order valence-corrected chi connectivity index (χ4v) is 3.62. The highest BCUT2D eigenvalue weighted by Crippen LogP contribution is 2.34. The molecule has 0 fully saturated rings. The maximum absolute atomic E-state index is 5.63. The molecule has 1 N–H and O–H groups in total. The van der Waals surface area contributed by atoms with Gasteiger partial charge in [0.2, 0.25) is 0 Å². The maximum atomic E-state index is 5.63. The first-order valence-corrected chi connectivity index (χ1v) is 8.09. The van der Waals surface area contributed by atoms with Gasteiger partial charge < -0.3 is 14.8 Å². The van der Waals surface area contributed by atoms with Crippen LogP contribution in [0.2, 0.25) is 0 Å². The highest BCUT2D eigenvalue weighted by Gasteiger charge is 2.16. The second kappa shape index (κ2) is 6.43. The first-order valence-electron chi connectivity index (χ1n) is 6.33. The van der Waals surface area contributed by atoms with E-state index in [-0.39, 0.29) is 6.04 Å². The first-order chi connectivity index (χ1) is 9.86. The number of rotatable bonds is 5. The molecule has 0 radical (unpaired) electrons. The number of fused-ring (bicyclic) bond motifs is 1.